The third kappa shape index (κ3) is 4.05. The Kier molecular flexibility index (Phi) is 5.29. The Labute approximate surface area is 189 Å². The molecule has 0 spiro atoms. The van der Waals surface area contributed by atoms with E-state index in [-0.39, 0.29) is 17.1 Å². The van der Waals surface area contributed by atoms with Gasteiger partial charge >= 0.3 is 0 Å². The fourth-order valence-corrected chi connectivity index (χ4v) is 3.85. The summed E-state index contributed by atoms with van der Waals surface area (Å²) in [4.78, 5) is 30.3. The molecule has 9 nitrogen and oxygen atoms in total. The number of anilines is 1. The van der Waals surface area contributed by atoms with Crippen LogP contribution in [0.15, 0.2) is 59.8 Å². The van der Waals surface area contributed by atoms with E-state index in [2.05, 4.69) is 15.4 Å². The fourth-order valence-electron chi connectivity index (χ4n) is 3.85. The molecule has 1 amide bonds. The predicted octanol–water partition coefficient (Wildman–Crippen LogP) is 3.01. The Hall–Kier alpha value is -4.14. The number of carbonyl (C=O) groups is 1. The van der Waals surface area contributed by atoms with E-state index in [0.29, 0.717) is 42.2 Å². The second-order valence-electron chi connectivity index (χ2n) is 7.88. The van der Waals surface area contributed by atoms with Crippen LogP contribution in [0, 0.1) is 6.92 Å². The number of benzene rings is 1. The number of nitrogens with zero attached hydrogens (tertiary/aromatic N) is 4. The average Bonchev–Trinajstić information content (AvgIpc) is 3.25. The van der Waals surface area contributed by atoms with Crippen molar-refractivity contribution in [2.24, 2.45) is 0 Å². The molecule has 1 aliphatic rings. The van der Waals surface area contributed by atoms with Gasteiger partial charge in [-0.2, -0.15) is 5.10 Å². The molecule has 0 fully saturated rings. The zero-order valence-corrected chi connectivity index (χ0v) is 18.3. The number of rotatable bonds is 5. The van der Waals surface area contributed by atoms with Gasteiger partial charge < -0.3 is 19.4 Å². The van der Waals surface area contributed by atoms with Crippen molar-refractivity contribution in [3.63, 3.8) is 0 Å². The summed E-state index contributed by atoms with van der Waals surface area (Å²) in [7, 11) is 0. The van der Waals surface area contributed by atoms with Crippen LogP contribution in [0.1, 0.15) is 23.0 Å². The van der Waals surface area contributed by atoms with Gasteiger partial charge in [0.05, 0.1) is 23.8 Å². The molecule has 4 aromatic rings. The molecular weight excluding hydrogens is 422 g/mol. The molecule has 1 aliphatic heterocycles. The van der Waals surface area contributed by atoms with Gasteiger partial charge in [-0.1, -0.05) is 12.1 Å². The van der Waals surface area contributed by atoms with Gasteiger partial charge in [-0.3, -0.25) is 14.3 Å². The maximum Gasteiger partial charge on any atom is 0.261 e. The summed E-state index contributed by atoms with van der Waals surface area (Å²) in [5.41, 5.74) is 1.58. The third-order valence-electron chi connectivity index (χ3n) is 5.50. The smallest absolute Gasteiger partial charge is 0.261 e. The van der Waals surface area contributed by atoms with E-state index < -0.39 is 5.91 Å². The molecule has 33 heavy (non-hydrogen) atoms. The van der Waals surface area contributed by atoms with Gasteiger partial charge in [0.1, 0.15) is 17.8 Å². The first-order valence-corrected chi connectivity index (χ1v) is 10.7. The first-order valence-electron chi connectivity index (χ1n) is 10.7. The minimum atomic E-state index is -0.490. The average molecular weight is 445 g/mol. The van der Waals surface area contributed by atoms with Gasteiger partial charge in [0, 0.05) is 24.6 Å². The molecule has 0 radical (unpaired) electrons. The van der Waals surface area contributed by atoms with Crippen LogP contribution in [0.5, 0.6) is 11.5 Å². The van der Waals surface area contributed by atoms with Crippen molar-refractivity contribution in [1.29, 1.82) is 0 Å². The molecule has 1 atom stereocenters. The van der Waals surface area contributed by atoms with Crippen LogP contribution in [0.4, 0.5) is 5.69 Å². The maximum absolute atomic E-state index is 12.9. The second-order valence-corrected chi connectivity index (χ2v) is 7.88. The summed E-state index contributed by atoms with van der Waals surface area (Å²) in [6, 6.07) is 11.0. The lowest BCUT2D eigenvalue weighted by Gasteiger charge is -2.26. The summed E-state index contributed by atoms with van der Waals surface area (Å²) in [5, 5.41) is 7.49. The van der Waals surface area contributed by atoms with Crippen molar-refractivity contribution in [3.05, 3.63) is 76.5 Å². The molecule has 168 valence electrons. The van der Waals surface area contributed by atoms with E-state index in [4.69, 9.17) is 9.47 Å². The SMILES string of the molecule is CCn1cc(C(=O)Nc2cnn(C[C@H]3COc4ccccc4O3)c2)c(=O)c2ccc(C)nc21. The monoisotopic (exact) mass is 445 g/mol. The van der Waals surface area contributed by atoms with E-state index in [0.717, 1.165) is 11.4 Å². The largest absolute Gasteiger partial charge is 0.486 e. The Morgan fingerprint density at radius 1 is 1.18 bits per heavy atom. The minimum absolute atomic E-state index is 0.0587. The summed E-state index contributed by atoms with van der Waals surface area (Å²) in [5.74, 6) is 0.929. The van der Waals surface area contributed by atoms with Gasteiger partial charge in [0.25, 0.3) is 5.91 Å². The van der Waals surface area contributed by atoms with Gasteiger partial charge in [-0.25, -0.2) is 4.98 Å². The highest BCUT2D eigenvalue weighted by Crippen LogP contribution is 2.31. The lowest BCUT2D eigenvalue weighted by molar-refractivity contribution is 0.0759. The van der Waals surface area contributed by atoms with Crippen molar-refractivity contribution in [2.75, 3.05) is 11.9 Å². The Morgan fingerprint density at radius 3 is 2.82 bits per heavy atom. The number of aromatic nitrogens is 4. The molecule has 5 rings (SSSR count). The fraction of sp³-hybridized carbons (Fsp3) is 0.250. The van der Waals surface area contributed by atoms with Crippen molar-refractivity contribution in [3.8, 4) is 11.5 Å². The Balaban J connectivity index is 1.32. The number of hydrogen-bond acceptors (Lipinski definition) is 6. The quantitative estimate of drug-likeness (QED) is 0.507. The van der Waals surface area contributed by atoms with Crippen LogP contribution in [0.3, 0.4) is 0 Å². The summed E-state index contributed by atoms with van der Waals surface area (Å²) in [6.07, 6.45) is 4.59. The number of amides is 1. The lowest BCUT2D eigenvalue weighted by atomic mass is 10.1. The van der Waals surface area contributed by atoms with Crippen molar-refractivity contribution >= 4 is 22.6 Å². The summed E-state index contributed by atoms with van der Waals surface area (Å²) < 4.78 is 15.2. The van der Waals surface area contributed by atoms with Gasteiger partial charge in [-0.05, 0) is 38.1 Å². The molecule has 0 saturated carbocycles. The van der Waals surface area contributed by atoms with Crippen LogP contribution < -0.4 is 20.2 Å². The standard InChI is InChI=1S/C24H23N5O4/c1-3-28-13-19(22(30)18-9-8-15(2)26-23(18)28)24(31)27-16-10-25-29(11-16)12-17-14-32-20-6-4-5-7-21(20)33-17/h4-11,13,17H,3,12,14H2,1-2H3,(H,27,31)/t17-/m0/s1. The number of carbonyl (C=O) groups excluding carboxylic acids is 1. The lowest BCUT2D eigenvalue weighted by Crippen LogP contribution is -2.33. The number of ether oxygens (including phenoxy) is 2. The van der Waals surface area contributed by atoms with E-state index in [1.807, 2.05) is 38.1 Å². The molecule has 1 N–H and O–H groups in total. The Morgan fingerprint density at radius 2 is 2.00 bits per heavy atom. The molecule has 0 saturated heterocycles. The van der Waals surface area contributed by atoms with Gasteiger partial charge in [-0.15, -0.1) is 0 Å². The van der Waals surface area contributed by atoms with Gasteiger partial charge in [0.2, 0.25) is 5.43 Å². The van der Waals surface area contributed by atoms with Crippen molar-refractivity contribution in [2.45, 2.75) is 33.0 Å². The van der Waals surface area contributed by atoms with E-state index >= 15 is 0 Å². The predicted molar refractivity (Wildman–Crippen MR) is 123 cm³/mol. The zero-order chi connectivity index (χ0) is 22.9. The number of nitrogens with one attached hydrogen (secondary N) is 1. The molecule has 3 aromatic heterocycles. The van der Waals surface area contributed by atoms with Crippen LogP contribution in [-0.4, -0.2) is 37.9 Å². The normalized spacial score (nSPS) is 14.9. The Bertz CT molecular complexity index is 1410. The third-order valence-corrected chi connectivity index (χ3v) is 5.50. The van der Waals surface area contributed by atoms with E-state index in [9.17, 15) is 9.59 Å². The van der Waals surface area contributed by atoms with Crippen LogP contribution >= 0.6 is 0 Å². The van der Waals surface area contributed by atoms with Gasteiger partial charge in [0.15, 0.2) is 17.6 Å². The summed E-state index contributed by atoms with van der Waals surface area (Å²) >= 11 is 0. The molecule has 9 heteroatoms. The topological polar surface area (TPSA) is 100 Å². The first-order chi connectivity index (χ1) is 16.0. The van der Waals surface area contributed by atoms with E-state index in [1.165, 1.54) is 0 Å². The van der Waals surface area contributed by atoms with Crippen LogP contribution in [-0.2, 0) is 13.1 Å². The first kappa shape index (κ1) is 20.7. The molecule has 1 aromatic carbocycles. The zero-order valence-electron chi connectivity index (χ0n) is 18.3. The highest BCUT2D eigenvalue weighted by atomic mass is 16.6. The van der Waals surface area contributed by atoms with Crippen molar-refractivity contribution in [1.82, 2.24) is 19.3 Å². The van der Waals surface area contributed by atoms with E-state index in [1.54, 1.807) is 40.0 Å². The van der Waals surface area contributed by atoms with Crippen LogP contribution in [0.25, 0.3) is 11.0 Å². The number of aryl methyl sites for hydroxylation is 2. The highest BCUT2D eigenvalue weighted by molar-refractivity contribution is 6.05. The highest BCUT2D eigenvalue weighted by Gasteiger charge is 2.22. The molecule has 0 bridgehead atoms. The number of para-hydroxylation sites is 2. The molecule has 0 unspecified atom stereocenters. The number of pyridine rings is 2. The minimum Gasteiger partial charge on any atom is -0.486 e. The molecular formula is C24H23N5O4. The molecule has 0 aliphatic carbocycles. The number of hydrogen-bond donors (Lipinski definition) is 1. The van der Waals surface area contributed by atoms with Crippen LogP contribution in [0.2, 0.25) is 0 Å². The molecule has 4 heterocycles. The maximum atomic E-state index is 12.9. The van der Waals surface area contributed by atoms with Crippen molar-refractivity contribution < 1.29 is 14.3 Å². The second kappa shape index (κ2) is 8.42. The summed E-state index contributed by atoms with van der Waals surface area (Å²) in [6.45, 7) is 5.24. The number of fused-ring (bicyclic) bond motifs is 2.